The van der Waals surface area contributed by atoms with E-state index in [0.717, 1.165) is 22.3 Å². The summed E-state index contributed by atoms with van der Waals surface area (Å²) >= 11 is 1.49. The first-order valence-electron chi connectivity index (χ1n) is 9.70. The molecule has 4 rings (SSSR count). The van der Waals surface area contributed by atoms with Crippen LogP contribution in [0.25, 0.3) is 17.0 Å². The first kappa shape index (κ1) is 20.2. The number of furan rings is 1. The summed E-state index contributed by atoms with van der Waals surface area (Å²) in [6.45, 7) is 2.00. The molecule has 3 aromatic rings. The fourth-order valence-corrected chi connectivity index (χ4v) is 4.63. The van der Waals surface area contributed by atoms with Crippen LogP contribution in [0.4, 0.5) is 10.1 Å². The summed E-state index contributed by atoms with van der Waals surface area (Å²) in [6, 6.07) is 13.0. The van der Waals surface area contributed by atoms with E-state index < -0.39 is 17.8 Å². The summed E-state index contributed by atoms with van der Waals surface area (Å²) in [5.41, 5.74) is 1.76. The summed E-state index contributed by atoms with van der Waals surface area (Å²) in [7, 11) is 0. The van der Waals surface area contributed by atoms with Crippen LogP contribution in [0.15, 0.2) is 59.0 Å². The van der Waals surface area contributed by atoms with E-state index in [1.54, 1.807) is 18.2 Å². The van der Waals surface area contributed by atoms with Gasteiger partial charge in [-0.15, -0.1) is 11.8 Å². The monoisotopic (exact) mass is 424 g/mol. The third kappa shape index (κ3) is 3.98. The molecule has 0 bridgehead atoms. The van der Waals surface area contributed by atoms with Crippen molar-refractivity contribution in [3.8, 4) is 0 Å². The number of amides is 2. The van der Waals surface area contributed by atoms with Crippen molar-refractivity contribution < 1.29 is 18.4 Å². The van der Waals surface area contributed by atoms with E-state index in [9.17, 15) is 14.0 Å². The van der Waals surface area contributed by atoms with E-state index in [0.29, 0.717) is 18.1 Å². The zero-order chi connectivity index (χ0) is 21.1. The predicted octanol–water partition coefficient (Wildman–Crippen LogP) is 4.69. The predicted molar refractivity (Wildman–Crippen MR) is 118 cm³/mol. The van der Waals surface area contributed by atoms with Gasteiger partial charge in [-0.05, 0) is 24.3 Å². The van der Waals surface area contributed by atoms with Gasteiger partial charge in [-0.1, -0.05) is 37.3 Å². The van der Waals surface area contributed by atoms with Crippen LogP contribution >= 0.6 is 11.8 Å². The largest absolute Gasteiger partial charge is 0.460 e. The van der Waals surface area contributed by atoms with E-state index in [-0.39, 0.29) is 11.6 Å². The van der Waals surface area contributed by atoms with Crippen molar-refractivity contribution in [3.05, 3.63) is 71.7 Å². The molecule has 0 aliphatic carbocycles. The fourth-order valence-electron chi connectivity index (χ4n) is 3.47. The lowest BCUT2D eigenvalue weighted by Crippen LogP contribution is -2.44. The molecule has 1 unspecified atom stereocenters. The molecule has 1 aliphatic heterocycles. The van der Waals surface area contributed by atoms with Gasteiger partial charge in [-0.2, -0.15) is 0 Å². The molecular weight excluding hydrogens is 403 g/mol. The molecule has 154 valence electrons. The van der Waals surface area contributed by atoms with Crippen molar-refractivity contribution in [1.82, 2.24) is 4.90 Å². The summed E-state index contributed by atoms with van der Waals surface area (Å²) < 4.78 is 19.7. The average molecular weight is 424 g/mol. The molecule has 1 aliphatic rings. The second-order valence-electron chi connectivity index (χ2n) is 6.91. The molecule has 30 heavy (non-hydrogen) atoms. The Kier molecular flexibility index (Phi) is 5.90. The number of fused-ring (bicyclic) bond motifs is 1. The first-order chi connectivity index (χ1) is 14.6. The number of nitrogens with one attached hydrogen (secondary N) is 1. The SMILES string of the molecule is CCc1oc2ccccc2c1C=CC(=O)N1CSCC1C(=O)Nc1ccccc1F. The van der Waals surface area contributed by atoms with Gasteiger partial charge in [-0.25, -0.2) is 4.39 Å². The van der Waals surface area contributed by atoms with Gasteiger partial charge in [0.25, 0.3) is 0 Å². The van der Waals surface area contributed by atoms with Crippen molar-refractivity contribution in [2.45, 2.75) is 19.4 Å². The van der Waals surface area contributed by atoms with Gasteiger partial charge in [0, 0.05) is 29.2 Å². The molecule has 1 atom stereocenters. The van der Waals surface area contributed by atoms with Gasteiger partial charge in [-0.3, -0.25) is 9.59 Å². The van der Waals surface area contributed by atoms with Gasteiger partial charge >= 0.3 is 0 Å². The molecule has 1 fully saturated rings. The normalized spacial score (nSPS) is 16.5. The number of halogens is 1. The number of carbonyl (C=O) groups excluding carboxylic acids is 2. The Hall–Kier alpha value is -3.06. The fraction of sp³-hybridized carbons (Fsp3) is 0.217. The number of benzene rings is 2. The highest BCUT2D eigenvalue weighted by atomic mass is 32.2. The second-order valence-corrected chi connectivity index (χ2v) is 7.91. The Morgan fingerprint density at radius 1 is 1.23 bits per heavy atom. The van der Waals surface area contributed by atoms with E-state index in [2.05, 4.69) is 5.32 Å². The molecule has 0 spiro atoms. The standard InChI is InChI=1S/C23H21FN2O3S/c1-2-20-16(15-7-3-6-10-21(15)29-20)11-12-22(27)26-14-30-13-19(26)23(28)25-18-9-5-4-8-17(18)24/h3-12,19H,2,13-14H2,1H3,(H,25,28). The van der Waals surface area contributed by atoms with E-state index >= 15 is 0 Å². The number of anilines is 1. The number of rotatable bonds is 5. The van der Waals surface area contributed by atoms with E-state index in [1.165, 1.54) is 34.9 Å². The van der Waals surface area contributed by atoms with Crippen LogP contribution in [0.3, 0.4) is 0 Å². The van der Waals surface area contributed by atoms with E-state index in [4.69, 9.17) is 4.42 Å². The summed E-state index contributed by atoms with van der Waals surface area (Å²) in [5.74, 6) is 0.522. The third-order valence-corrected chi connectivity index (χ3v) is 6.04. The van der Waals surface area contributed by atoms with Gasteiger partial charge < -0.3 is 14.6 Å². The van der Waals surface area contributed by atoms with Crippen LogP contribution in [0.1, 0.15) is 18.2 Å². The molecular formula is C23H21FN2O3S. The minimum absolute atomic E-state index is 0.111. The highest BCUT2D eigenvalue weighted by Gasteiger charge is 2.34. The molecule has 2 heterocycles. The topological polar surface area (TPSA) is 62.6 Å². The molecule has 2 aromatic carbocycles. The number of aryl methyl sites for hydroxylation is 1. The van der Waals surface area contributed by atoms with Gasteiger partial charge in [0.05, 0.1) is 11.6 Å². The maximum atomic E-state index is 13.8. The Balaban J connectivity index is 1.52. The maximum absolute atomic E-state index is 13.8. The molecule has 0 saturated carbocycles. The van der Waals surface area contributed by atoms with Crippen molar-refractivity contribution in [3.63, 3.8) is 0 Å². The first-order valence-corrected chi connectivity index (χ1v) is 10.9. The van der Waals surface area contributed by atoms with Crippen molar-refractivity contribution in [1.29, 1.82) is 0 Å². The number of nitrogens with zero attached hydrogens (tertiary/aromatic N) is 1. The second kappa shape index (κ2) is 8.75. The van der Waals surface area contributed by atoms with Crippen molar-refractivity contribution in [2.24, 2.45) is 0 Å². The van der Waals surface area contributed by atoms with Crippen molar-refractivity contribution >= 4 is 46.3 Å². The molecule has 1 N–H and O–H groups in total. The summed E-state index contributed by atoms with van der Waals surface area (Å²) in [6.07, 6.45) is 3.93. The van der Waals surface area contributed by atoms with Crippen LogP contribution < -0.4 is 5.32 Å². The molecule has 1 aromatic heterocycles. The third-order valence-electron chi connectivity index (χ3n) is 5.02. The number of thioether (sulfide) groups is 1. The zero-order valence-corrected chi connectivity index (χ0v) is 17.2. The van der Waals surface area contributed by atoms with Crippen LogP contribution in [-0.4, -0.2) is 34.4 Å². The molecule has 1 saturated heterocycles. The number of carbonyl (C=O) groups is 2. The minimum Gasteiger partial charge on any atom is -0.460 e. The quantitative estimate of drug-likeness (QED) is 0.604. The molecule has 5 nitrogen and oxygen atoms in total. The number of hydrogen-bond donors (Lipinski definition) is 1. The molecule has 7 heteroatoms. The van der Waals surface area contributed by atoms with Gasteiger partial charge in [0.15, 0.2) is 0 Å². The van der Waals surface area contributed by atoms with Crippen LogP contribution in [0.5, 0.6) is 0 Å². The molecule has 2 amide bonds. The Morgan fingerprint density at radius 3 is 2.80 bits per heavy atom. The maximum Gasteiger partial charge on any atom is 0.248 e. The lowest BCUT2D eigenvalue weighted by molar-refractivity contribution is -0.132. The van der Waals surface area contributed by atoms with Crippen LogP contribution in [-0.2, 0) is 16.0 Å². The lowest BCUT2D eigenvalue weighted by atomic mass is 10.1. The smallest absolute Gasteiger partial charge is 0.248 e. The lowest BCUT2D eigenvalue weighted by Gasteiger charge is -2.21. The Labute approximate surface area is 177 Å². The Bertz CT molecular complexity index is 1120. The van der Waals surface area contributed by atoms with Gasteiger partial charge in [0.2, 0.25) is 11.8 Å². The highest BCUT2D eigenvalue weighted by molar-refractivity contribution is 7.99. The zero-order valence-electron chi connectivity index (χ0n) is 16.4. The van der Waals surface area contributed by atoms with Crippen molar-refractivity contribution in [2.75, 3.05) is 16.9 Å². The minimum atomic E-state index is -0.654. The Morgan fingerprint density at radius 2 is 2.00 bits per heavy atom. The summed E-state index contributed by atoms with van der Waals surface area (Å²) in [5, 5.41) is 3.54. The van der Waals surface area contributed by atoms with Crippen LogP contribution in [0, 0.1) is 5.82 Å². The highest BCUT2D eigenvalue weighted by Crippen LogP contribution is 2.28. The van der Waals surface area contributed by atoms with Crippen LogP contribution in [0.2, 0.25) is 0 Å². The average Bonchev–Trinajstić information content (AvgIpc) is 3.38. The van der Waals surface area contributed by atoms with E-state index in [1.807, 2.05) is 31.2 Å². The number of hydrogen-bond acceptors (Lipinski definition) is 4. The number of para-hydroxylation sites is 2. The molecule has 0 radical (unpaired) electrons. The summed E-state index contributed by atoms with van der Waals surface area (Å²) in [4.78, 5) is 27.0. The van der Waals surface area contributed by atoms with Gasteiger partial charge in [0.1, 0.15) is 23.2 Å².